The summed E-state index contributed by atoms with van der Waals surface area (Å²) in [5, 5.41) is 12.1. The van der Waals surface area contributed by atoms with E-state index in [9.17, 15) is 9.90 Å². The Morgan fingerprint density at radius 1 is 0.923 bits per heavy atom. The predicted octanol–water partition coefficient (Wildman–Crippen LogP) is 4.96. The Balaban J connectivity index is 1.86. The van der Waals surface area contributed by atoms with Crippen molar-refractivity contribution in [3.63, 3.8) is 0 Å². The Morgan fingerprint density at radius 3 is 2.26 bits per heavy atom. The van der Waals surface area contributed by atoms with Crippen molar-refractivity contribution in [3.8, 4) is 45.6 Å². The van der Waals surface area contributed by atoms with E-state index in [4.69, 9.17) is 33.2 Å². The highest BCUT2D eigenvalue weighted by molar-refractivity contribution is 5.91. The monoisotopic (exact) mass is 536 g/mol. The summed E-state index contributed by atoms with van der Waals surface area (Å²) in [5.41, 5.74) is 1.35. The van der Waals surface area contributed by atoms with Gasteiger partial charge < -0.3 is 38.3 Å². The highest BCUT2D eigenvalue weighted by Gasteiger charge is 2.47. The van der Waals surface area contributed by atoms with Crippen molar-refractivity contribution in [1.29, 1.82) is 0 Å². The standard InChI is InChI=1S/C30H32O9/c1-16-12-18-13-20(33-3)24(34-4)26(35-5)22(18)23-19(14-21-25(27(23)36-6)38-15-37-21)28(30(16,2)32)39-29(31)17-10-8-7-9-11-17/h7-11,13-14,16,28,32H,12,15H2,1-6H3/t16-,28+,30-/m1/s1. The van der Waals surface area contributed by atoms with Gasteiger partial charge in [0.1, 0.15) is 5.60 Å². The van der Waals surface area contributed by atoms with Crippen LogP contribution in [0.2, 0.25) is 0 Å². The van der Waals surface area contributed by atoms with E-state index in [0.29, 0.717) is 63.2 Å². The Labute approximate surface area is 227 Å². The lowest BCUT2D eigenvalue weighted by Gasteiger charge is -2.41. The molecule has 0 aromatic heterocycles. The molecule has 0 unspecified atom stereocenters. The van der Waals surface area contributed by atoms with Gasteiger partial charge in [0.25, 0.3) is 0 Å². The zero-order valence-corrected chi connectivity index (χ0v) is 22.8. The van der Waals surface area contributed by atoms with Gasteiger partial charge in [-0.2, -0.15) is 0 Å². The summed E-state index contributed by atoms with van der Waals surface area (Å²) in [6.45, 7) is 3.57. The number of hydrogen-bond donors (Lipinski definition) is 1. The van der Waals surface area contributed by atoms with E-state index in [-0.39, 0.29) is 12.7 Å². The molecule has 1 aliphatic carbocycles. The second kappa shape index (κ2) is 10.2. The third-order valence-corrected chi connectivity index (χ3v) is 7.59. The smallest absolute Gasteiger partial charge is 0.338 e. The quantitative estimate of drug-likeness (QED) is 0.438. The lowest BCUT2D eigenvalue weighted by Crippen LogP contribution is -2.43. The summed E-state index contributed by atoms with van der Waals surface area (Å²) in [5.74, 6) is 1.51. The van der Waals surface area contributed by atoms with Gasteiger partial charge >= 0.3 is 5.97 Å². The average Bonchev–Trinajstić information content (AvgIpc) is 3.42. The number of hydrogen-bond acceptors (Lipinski definition) is 9. The second-order valence-electron chi connectivity index (χ2n) is 9.77. The van der Waals surface area contributed by atoms with E-state index < -0.39 is 17.7 Å². The molecular weight excluding hydrogens is 504 g/mol. The number of rotatable bonds is 6. The molecule has 0 amide bonds. The van der Waals surface area contributed by atoms with Crippen LogP contribution in [0.1, 0.15) is 41.4 Å². The van der Waals surface area contributed by atoms with Gasteiger partial charge in [-0.05, 0) is 49.1 Å². The van der Waals surface area contributed by atoms with Crippen LogP contribution in [0.5, 0.6) is 34.5 Å². The first-order valence-corrected chi connectivity index (χ1v) is 12.6. The molecule has 9 heteroatoms. The summed E-state index contributed by atoms with van der Waals surface area (Å²) in [4.78, 5) is 13.4. The van der Waals surface area contributed by atoms with Crippen LogP contribution in [0.4, 0.5) is 0 Å². The fourth-order valence-corrected chi connectivity index (χ4v) is 5.37. The van der Waals surface area contributed by atoms with Gasteiger partial charge in [-0.3, -0.25) is 0 Å². The van der Waals surface area contributed by atoms with Gasteiger partial charge in [0.2, 0.25) is 18.3 Å². The second-order valence-corrected chi connectivity index (χ2v) is 9.77. The minimum Gasteiger partial charge on any atom is -0.493 e. The summed E-state index contributed by atoms with van der Waals surface area (Å²) in [6.07, 6.45) is -0.709. The number of esters is 1. The van der Waals surface area contributed by atoms with E-state index >= 15 is 0 Å². The fourth-order valence-electron chi connectivity index (χ4n) is 5.37. The van der Waals surface area contributed by atoms with Crippen LogP contribution in [0.3, 0.4) is 0 Å². The van der Waals surface area contributed by atoms with Crippen LogP contribution in [-0.2, 0) is 11.2 Å². The molecule has 1 aliphatic heterocycles. The largest absolute Gasteiger partial charge is 0.493 e. The maximum Gasteiger partial charge on any atom is 0.338 e. The molecule has 0 radical (unpaired) electrons. The first-order valence-electron chi connectivity index (χ1n) is 12.6. The average molecular weight is 537 g/mol. The molecule has 0 fully saturated rings. The molecule has 3 aromatic rings. The molecule has 1 N–H and O–H groups in total. The summed E-state index contributed by atoms with van der Waals surface area (Å²) in [7, 11) is 6.15. The van der Waals surface area contributed by atoms with Crippen LogP contribution in [0.15, 0.2) is 42.5 Å². The predicted molar refractivity (Wildman–Crippen MR) is 142 cm³/mol. The molecule has 2 aliphatic rings. The molecule has 9 nitrogen and oxygen atoms in total. The van der Waals surface area contributed by atoms with Gasteiger partial charge in [-0.15, -0.1) is 0 Å². The third-order valence-electron chi connectivity index (χ3n) is 7.59. The molecule has 3 atom stereocenters. The number of ether oxygens (including phenoxy) is 7. The van der Waals surface area contributed by atoms with E-state index in [2.05, 4.69) is 0 Å². The molecule has 0 bridgehead atoms. The highest BCUT2D eigenvalue weighted by Crippen LogP contribution is 2.59. The Bertz CT molecular complexity index is 1400. The van der Waals surface area contributed by atoms with E-state index in [1.165, 1.54) is 14.2 Å². The first kappa shape index (κ1) is 26.5. The molecule has 5 rings (SSSR count). The fraction of sp³-hybridized carbons (Fsp3) is 0.367. The maximum atomic E-state index is 13.4. The van der Waals surface area contributed by atoms with Crippen LogP contribution >= 0.6 is 0 Å². The van der Waals surface area contributed by atoms with Gasteiger partial charge in [0, 0.05) is 16.7 Å². The number of benzene rings is 3. The van der Waals surface area contributed by atoms with Crippen LogP contribution in [-0.4, -0.2) is 51.9 Å². The highest BCUT2D eigenvalue weighted by atomic mass is 16.7. The summed E-state index contributed by atoms with van der Waals surface area (Å²) in [6, 6.07) is 12.3. The van der Waals surface area contributed by atoms with Gasteiger partial charge in [-0.1, -0.05) is 25.1 Å². The van der Waals surface area contributed by atoms with Crippen molar-refractivity contribution >= 4 is 5.97 Å². The molecule has 0 spiro atoms. The summed E-state index contributed by atoms with van der Waals surface area (Å²) < 4.78 is 40.8. The SMILES string of the molecule is COc1cc2c(c(OC)c1OC)-c1c(cc3c(c1OC)OCO3)[C@H](OC(=O)c1ccccc1)[C@](C)(O)[C@H](C)C2. The van der Waals surface area contributed by atoms with E-state index in [0.717, 1.165) is 5.56 Å². The molecule has 39 heavy (non-hydrogen) atoms. The molecular formula is C30H32O9. The topological polar surface area (TPSA) is 102 Å². The Morgan fingerprint density at radius 2 is 1.62 bits per heavy atom. The van der Waals surface area contributed by atoms with Crippen molar-refractivity contribution in [2.75, 3.05) is 35.2 Å². The van der Waals surface area contributed by atoms with Gasteiger partial charge in [0.05, 0.1) is 34.0 Å². The number of carbonyl (C=O) groups excluding carboxylic acids is 1. The van der Waals surface area contributed by atoms with Crippen molar-refractivity contribution in [2.45, 2.75) is 32.0 Å². The van der Waals surface area contributed by atoms with Crippen LogP contribution in [0.25, 0.3) is 11.1 Å². The van der Waals surface area contributed by atoms with E-state index in [1.54, 1.807) is 51.5 Å². The molecule has 1 heterocycles. The molecule has 3 aromatic carbocycles. The lowest BCUT2D eigenvalue weighted by molar-refractivity contribution is -0.107. The maximum absolute atomic E-state index is 13.4. The van der Waals surface area contributed by atoms with Crippen molar-refractivity contribution in [2.24, 2.45) is 5.92 Å². The van der Waals surface area contributed by atoms with Gasteiger partial charge in [-0.25, -0.2) is 4.79 Å². The normalized spacial score (nSPS) is 21.1. The number of fused-ring (bicyclic) bond motifs is 4. The van der Waals surface area contributed by atoms with Crippen molar-refractivity contribution in [3.05, 3.63) is 59.2 Å². The third kappa shape index (κ3) is 4.27. The van der Waals surface area contributed by atoms with Gasteiger partial charge in [0.15, 0.2) is 29.1 Å². The van der Waals surface area contributed by atoms with Crippen molar-refractivity contribution in [1.82, 2.24) is 0 Å². The van der Waals surface area contributed by atoms with Crippen LogP contribution in [0, 0.1) is 5.92 Å². The number of methoxy groups -OCH3 is 4. The summed E-state index contributed by atoms with van der Waals surface area (Å²) >= 11 is 0. The Kier molecular flexibility index (Phi) is 6.94. The lowest BCUT2D eigenvalue weighted by atomic mass is 9.73. The van der Waals surface area contributed by atoms with Crippen LogP contribution < -0.4 is 28.4 Å². The molecule has 206 valence electrons. The zero-order chi connectivity index (χ0) is 27.9. The number of aliphatic hydroxyl groups is 1. The molecule has 0 saturated carbocycles. The Hall–Kier alpha value is -4.11. The number of carbonyl (C=O) groups is 1. The first-order chi connectivity index (χ1) is 18.8. The minimum atomic E-state index is -1.50. The van der Waals surface area contributed by atoms with E-state index in [1.807, 2.05) is 19.1 Å². The van der Waals surface area contributed by atoms with Crippen molar-refractivity contribution < 1.29 is 43.1 Å². The zero-order valence-electron chi connectivity index (χ0n) is 22.8. The molecule has 0 saturated heterocycles. The minimum absolute atomic E-state index is 0.00816.